The molecule has 0 bridgehead atoms. The van der Waals surface area contributed by atoms with Gasteiger partial charge in [-0.15, -0.1) is 0 Å². The first-order valence-corrected chi connectivity index (χ1v) is 5.92. The fourth-order valence-electron chi connectivity index (χ4n) is 2.69. The minimum absolute atomic E-state index is 0.663. The van der Waals surface area contributed by atoms with Crippen LogP contribution in [0.15, 0.2) is 30.5 Å². The minimum Gasteiger partial charge on any atom is -0.339 e. The smallest absolute Gasteiger partial charge is 0.0693 e. The van der Waals surface area contributed by atoms with Crippen molar-refractivity contribution < 1.29 is 0 Å². The van der Waals surface area contributed by atoms with E-state index < -0.39 is 0 Å². The first kappa shape index (κ1) is 9.73. The zero-order valence-electron chi connectivity index (χ0n) is 9.32. The predicted molar refractivity (Wildman–Crippen MR) is 66.9 cm³/mol. The number of hydrogen-bond acceptors (Lipinski definition) is 2. The quantitative estimate of drug-likeness (QED) is 0.713. The maximum Gasteiger partial charge on any atom is 0.0693 e. The highest BCUT2D eigenvalue weighted by atomic mass is 15.3. The second-order valence-electron chi connectivity index (χ2n) is 4.53. The maximum atomic E-state index is 5.98. The van der Waals surface area contributed by atoms with E-state index in [0.29, 0.717) is 5.92 Å². The van der Waals surface area contributed by atoms with Crippen LogP contribution in [0.1, 0.15) is 24.3 Å². The molecule has 1 aromatic heterocycles. The van der Waals surface area contributed by atoms with E-state index >= 15 is 0 Å². The molecule has 1 saturated heterocycles. The summed E-state index contributed by atoms with van der Waals surface area (Å²) in [5.41, 5.74) is 2.55. The molecule has 1 aromatic carbocycles. The normalized spacial score (nSPS) is 18.0. The van der Waals surface area contributed by atoms with Gasteiger partial charge in [-0.3, -0.25) is 4.68 Å². The van der Waals surface area contributed by atoms with Crippen molar-refractivity contribution >= 4 is 10.9 Å². The summed E-state index contributed by atoms with van der Waals surface area (Å²) in [5, 5.41) is 4.72. The Morgan fingerprint density at radius 2 is 1.94 bits per heavy atom. The van der Waals surface area contributed by atoms with E-state index in [2.05, 4.69) is 29.7 Å². The van der Waals surface area contributed by atoms with E-state index in [-0.39, 0.29) is 0 Å². The van der Waals surface area contributed by atoms with Crippen LogP contribution in [0, 0.1) is 0 Å². The van der Waals surface area contributed by atoms with Crippen LogP contribution in [0.5, 0.6) is 0 Å². The van der Waals surface area contributed by atoms with Crippen molar-refractivity contribution in [1.29, 1.82) is 0 Å². The molecule has 1 aliphatic rings. The lowest BCUT2D eigenvalue weighted by molar-refractivity contribution is 0.462. The lowest BCUT2D eigenvalue weighted by Crippen LogP contribution is -2.26. The van der Waals surface area contributed by atoms with Crippen LogP contribution >= 0.6 is 0 Å². The van der Waals surface area contributed by atoms with Crippen LogP contribution in [0.2, 0.25) is 0 Å². The molecule has 0 atom stereocenters. The van der Waals surface area contributed by atoms with E-state index in [1.54, 1.807) is 4.68 Å². The van der Waals surface area contributed by atoms with Crippen LogP contribution < -0.4 is 11.2 Å². The SMILES string of the molecule is Nn1cc(C2CCNCC2)c2ccccc21. The van der Waals surface area contributed by atoms with Crippen molar-refractivity contribution in [3.05, 3.63) is 36.0 Å². The van der Waals surface area contributed by atoms with Crippen molar-refractivity contribution in [3.63, 3.8) is 0 Å². The Morgan fingerprint density at radius 3 is 2.75 bits per heavy atom. The highest BCUT2D eigenvalue weighted by Gasteiger charge is 2.19. The van der Waals surface area contributed by atoms with Gasteiger partial charge in [-0.2, -0.15) is 0 Å². The number of fused-ring (bicyclic) bond motifs is 1. The van der Waals surface area contributed by atoms with Gasteiger partial charge < -0.3 is 11.2 Å². The van der Waals surface area contributed by atoms with E-state index in [1.165, 1.54) is 23.8 Å². The largest absolute Gasteiger partial charge is 0.339 e. The Hall–Kier alpha value is -1.48. The molecule has 84 valence electrons. The number of para-hydroxylation sites is 1. The summed E-state index contributed by atoms with van der Waals surface area (Å²) >= 11 is 0. The maximum absolute atomic E-state index is 5.98. The fourth-order valence-corrected chi connectivity index (χ4v) is 2.69. The average Bonchev–Trinajstić information content (AvgIpc) is 2.69. The van der Waals surface area contributed by atoms with Crippen LogP contribution in [0.4, 0.5) is 0 Å². The van der Waals surface area contributed by atoms with E-state index in [9.17, 15) is 0 Å². The second-order valence-corrected chi connectivity index (χ2v) is 4.53. The molecule has 3 rings (SSSR count). The lowest BCUT2D eigenvalue weighted by Gasteiger charge is -2.22. The number of nitrogens with zero attached hydrogens (tertiary/aromatic N) is 1. The van der Waals surface area contributed by atoms with Gasteiger partial charge in [-0.1, -0.05) is 18.2 Å². The van der Waals surface area contributed by atoms with Gasteiger partial charge in [0.1, 0.15) is 0 Å². The second kappa shape index (κ2) is 3.83. The monoisotopic (exact) mass is 215 g/mol. The number of rotatable bonds is 1. The van der Waals surface area contributed by atoms with Gasteiger partial charge in [0, 0.05) is 11.6 Å². The number of benzene rings is 1. The first-order valence-electron chi connectivity index (χ1n) is 5.92. The van der Waals surface area contributed by atoms with Crippen LogP contribution in [0.25, 0.3) is 10.9 Å². The Kier molecular flexibility index (Phi) is 2.33. The van der Waals surface area contributed by atoms with Crippen molar-refractivity contribution in [2.45, 2.75) is 18.8 Å². The molecule has 3 heteroatoms. The first-order chi connectivity index (χ1) is 7.86. The van der Waals surface area contributed by atoms with Crippen LogP contribution in [-0.4, -0.2) is 17.8 Å². The third-order valence-electron chi connectivity index (χ3n) is 3.55. The van der Waals surface area contributed by atoms with Crippen LogP contribution in [0.3, 0.4) is 0 Å². The van der Waals surface area contributed by atoms with Gasteiger partial charge in [0.25, 0.3) is 0 Å². The summed E-state index contributed by atoms with van der Waals surface area (Å²) in [4.78, 5) is 0. The number of aromatic nitrogens is 1. The molecule has 3 nitrogen and oxygen atoms in total. The molecule has 0 spiro atoms. The highest BCUT2D eigenvalue weighted by molar-refractivity contribution is 5.84. The van der Waals surface area contributed by atoms with Gasteiger partial charge in [0.2, 0.25) is 0 Å². The van der Waals surface area contributed by atoms with Gasteiger partial charge in [0.05, 0.1) is 5.52 Å². The third-order valence-corrected chi connectivity index (χ3v) is 3.55. The molecule has 0 aliphatic carbocycles. The Morgan fingerprint density at radius 1 is 1.19 bits per heavy atom. The van der Waals surface area contributed by atoms with Crippen molar-refractivity contribution in [2.75, 3.05) is 18.9 Å². The van der Waals surface area contributed by atoms with Crippen molar-refractivity contribution in [1.82, 2.24) is 9.99 Å². The number of piperidine rings is 1. The standard InChI is InChI=1S/C13H17N3/c14-16-9-12(10-5-7-15-8-6-10)11-3-1-2-4-13(11)16/h1-4,9-10,15H,5-8,14H2. The topological polar surface area (TPSA) is 43.0 Å². The van der Waals surface area contributed by atoms with Crippen molar-refractivity contribution in [2.24, 2.45) is 0 Å². The lowest BCUT2D eigenvalue weighted by atomic mass is 9.90. The van der Waals surface area contributed by atoms with Gasteiger partial charge in [-0.25, -0.2) is 0 Å². The van der Waals surface area contributed by atoms with Crippen LogP contribution in [-0.2, 0) is 0 Å². The van der Waals surface area contributed by atoms with Gasteiger partial charge >= 0.3 is 0 Å². The van der Waals surface area contributed by atoms with E-state index in [0.717, 1.165) is 18.6 Å². The molecule has 16 heavy (non-hydrogen) atoms. The minimum atomic E-state index is 0.663. The zero-order chi connectivity index (χ0) is 11.0. The summed E-state index contributed by atoms with van der Waals surface area (Å²) in [7, 11) is 0. The molecule has 1 aliphatic heterocycles. The average molecular weight is 215 g/mol. The van der Waals surface area contributed by atoms with Gasteiger partial charge in [-0.05, 0) is 43.5 Å². The Bertz CT molecular complexity index is 495. The predicted octanol–water partition coefficient (Wildman–Crippen LogP) is 1.82. The molecule has 0 saturated carbocycles. The fraction of sp³-hybridized carbons (Fsp3) is 0.385. The zero-order valence-corrected chi connectivity index (χ0v) is 9.32. The van der Waals surface area contributed by atoms with Gasteiger partial charge in [0.15, 0.2) is 0 Å². The molecular formula is C13H17N3. The third kappa shape index (κ3) is 1.48. The highest BCUT2D eigenvalue weighted by Crippen LogP contribution is 2.31. The number of nitrogen functional groups attached to an aromatic ring is 1. The molecule has 2 aromatic rings. The molecule has 0 amide bonds. The summed E-state index contributed by atoms with van der Waals surface area (Å²) < 4.78 is 1.76. The molecule has 0 radical (unpaired) electrons. The summed E-state index contributed by atoms with van der Waals surface area (Å²) in [6.45, 7) is 2.24. The van der Waals surface area contributed by atoms with Crippen molar-refractivity contribution in [3.8, 4) is 0 Å². The summed E-state index contributed by atoms with van der Waals surface area (Å²) in [6.07, 6.45) is 4.53. The number of hydrogen-bond donors (Lipinski definition) is 2. The molecule has 0 unspecified atom stereocenters. The molecule has 3 N–H and O–H groups in total. The number of nitrogens with one attached hydrogen (secondary N) is 1. The molecular weight excluding hydrogens is 198 g/mol. The van der Waals surface area contributed by atoms with E-state index in [4.69, 9.17) is 5.84 Å². The Balaban J connectivity index is 2.08. The molecule has 1 fully saturated rings. The summed E-state index contributed by atoms with van der Waals surface area (Å²) in [5.74, 6) is 6.65. The number of nitrogens with two attached hydrogens (primary N) is 1. The summed E-state index contributed by atoms with van der Waals surface area (Å²) in [6, 6.07) is 8.39. The Labute approximate surface area is 95.2 Å². The molecule has 2 heterocycles. The van der Waals surface area contributed by atoms with E-state index in [1.807, 2.05) is 6.07 Å².